The second kappa shape index (κ2) is 4.67. The predicted molar refractivity (Wildman–Crippen MR) is 66.3 cm³/mol. The molecule has 0 saturated heterocycles. The van der Waals surface area contributed by atoms with Gasteiger partial charge in [-0.2, -0.15) is 0 Å². The van der Waals surface area contributed by atoms with Gasteiger partial charge in [-0.3, -0.25) is 0 Å². The Morgan fingerprint density at radius 3 is 2.72 bits per heavy atom. The molecule has 0 unspecified atom stereocenters. The molecule has 1 fully saturated rings. The van der Waals surface area contributed by atoms with E-state index >= 15 is 0 Å². The molecule has 0 spiro atoms. The number of fused-ring (bicyclic) bond motifs is 1. The number of nitrogens with zero attached hydrogens (tertiary/aromatic N) is 1. The highest BCUT2D eigenvalue weighted by Crippen LogP contribution is 2.27. The number of H-pyrrole nitrogens is 1. The van der Waals surface area contributed by atoms with E-state index < -0.39 is 11.6 Å². The molecule has 1 heterocycles. The molecule has 0 amide bonds. The van der Waals surface area contributed by atoms with Gasteiger partial charge >= 0.3 is 0 Å². The quantitative estimate of drug-likeness (QED) is 0.858. The summed E-state index contributed by atoms with van der Waals surface area (Å²) in [5.41, 5.74) is 0.709. The number of imidazole rings is 1. The topological polar surface area (TPSA) is 28.7 Å². The minimum Gasteiger partial charge on any atom is -0.342 e. The molecule has 0 radical (unpaired) electrons. The number of rotatable bonds is 2. The van der Waals surface area contributed by atoms with E-state index in [0.717, 1.165) is 18.3 Å². The lowest BCUT2D eigenvalue weighted by Crippen LogP contribution is -2.10. The Morgan fingerprint density at radius 1 is 1.17 bits per heavy atom. The van der Waals surface area contributed by atoms with E-state index in [9.17, 15) is 8.78 Å². The number of aromatic amines is 1. The third kappa shape index (κ3) is 2.11. The van der Waals surface area contributed by atoms with Crippen molar-refractivity contribution >= 4 is 11.0 Å². The number of hydrogen-bond acceptors (Lipinski definition) is 1. The molecule has 96 valence electrons. The summed E-state index contributed by atoms with van der Waals surface area (Å²) in [6.07, 6.45) is 7.13. The molecule has 1 aromatic heterocycles. The van der Waals surface area contributed by atoms with Gasteiger partial charge in [0.25, 0.3) is 0 Å². The number of nitrogens with one attached hydrogen (secondary N) is 1. The van der Waals surface area contributed by atoms with Crippen LogP contribution in [0.15, 0.2) is 12.1 Å². The van der Waals surface area contributed by atoms with Gasteiger partial charge in [-0.15, -0.1) is 0 Å². The normalized spacial score (nSPS) is 17.4. The highest BCUT2D eigenvalue weighted by Gasteiger charge is 2.17. The van der Waals surface area contributed by atoms with E-state index in [4.69, 9.17) is 0 Å². The molecule has 0 bridgehead atoms. The standard InChI is InChI=1S/C14H16F2N2/c15-10-6-7-11-14(13(10)16)18-12(17-11)8-9-4-2-1-3-5-9/h6-7,9H,1-5,8H2,(H,17,18). The molecule has 2 nitrogen and oxygen atoms in total. The molecule has 18 heavy (non-hydrogen) atoms. The fraction of sp³-hybridized carbons (Fsp3) is 0.500. The van der Waals surface area contributed by atoms with E-state index in [1.54, 1.807) is 6.07 Å². The van der Waals surface area contributed by atoms with Crippen LogP contribution >= 0.6 is 0 Å². The predicted octanol–water partition coefficient (Wildman–Crippen LogP) is 3.96. The second-order valence-electron chi connectivity index (χ2n) is 5.15. The van der Waals surface area contributed by atoms with Gasteiger partial charge in [0.1, 0.15) is 11.3 Å². The molecule has 3 rings (SSSR count). The molecule has 0 atom stereocenters. The molecule has 0 aliphatic heterocycles. The van der Waals surface area contributed by atoms with Crippen molar-refractivity contribution in [3.8, 4) is 0 Å². The van der Waals surface area contributed by atoms with Crippen LogP contribution in [0, 0.1) is 17.6 Å². The van der Waals surface area contributed by atoms with Gasteiger partial charge in [0.2, 0.25) is 0 Å². The van der Waals surface area contributed by atoms with Gasteiger partial charge in [-0.25, -0.2) is 13.8 Å². The van der Waals surface area contributed by atoms with Crippen molar-refractivity contribution in [1.82, 2.24) is 9.97 Å². The van der Waals surface area contributed by atoms with Gasteiger partial charge < -0.3 is 4.98 Å². The first-order chi connectivity index (χ1) is 8.74. The molecule has 1 saturated carbocycles. The van der Waals surface area contributed by atoms with Crippen LogP contribution in [0.5, 0.6) is 0 Å². The van der Waals surface area contributed by atoms with Crippen LogP contribution in [0.25, 0.3) is 11.0 Å². The van der Waals surface area contributed by atoms with Crippen LogP contribution in [0.4, 0.5) is 8.78 Å². The average Bonchev–Trinajstić information content (AvgIpc) is 2.79. The van der Waals surface area contributed by atoms with Gasteiger partial charge in [-0.1, -0.05) is 32.1 Å². The molecule has 1 aliphatic carbocycles. The van der Waals surface area contributed by atoms with Crippen molar-refractivity contribution in [2.45, 2.75) is 38.5 Å². The fourth-order valence-electron chi connectivity index (χ4n) is 2.83. The molecule has 1 aromatic carbocycles. The summed E-state index contributed by atoms with van der Waals surface area (Å²) in [7, 11) is 0. The van der Waals surface area contributed by atoms with Crippen LogP contribution < -0.4 is 0 Å². The summed E-state index contributed by atoms with van der Waals surface area (Å²) < 4.78 is 26.6. The van der Waals surface area contributed by atoms with Crippen molar-refractivity contribution in [3.05, 3.63) is 29.6 Å². The number of hydrogen-bond donors (Lipinski definition) is 1. The fourth-order valence-corrected chi connectivity index (χ4v) is 2.83. The van der Waals surface area contributed by atoms with Crippen molar-refractivity contribution in [2.75, 3.05) is 0 Å². The summed E-state index contributed by atoms with van der Waals surface area (Å²) >= 11 is 0. The lowest BCUT2D eigenvalue weighted by molar-refractivity contribution is 0.352. The maximum absolute atomic E-state index is 13.5. The molecule has 2 aromatic rings. The Labute approximate surface area is 104 Å². The van der Waals surface area contributed by atoms with Crippen LogP contribution in [0.1, 0.15) is 37.9 Å². The zero-order chi connectivity index (χ0) is 12.5. The highest BCUT2D eigenvalue weighted by atomic mass is 19.2. The summed E-state index contributed by atoms with van der Waals surface area (Å²) in [6, 6.07) is 2.69. The smallest absolute Gasteiger partial charge is 0.186 e. The van der Waals surface area contributed by atoms with E-state index in [-0.39, 0.29) is 5.52 Å². The van der Waals surface area contributed by atoms with E-state index in [0.29, 0.717) is 11.4 Å². The lowest BCUT2D eigenvalue weighted by atomic mass is 9.87. The minimum atomic E-state index is -0.848. The number of aromatic nitrogens is 2. The SMILES string of the molecule is Fc1ccc2[nH]c(CC3CCCCC3)nc2c1F. The van der Waals surface area contributed by atoms with Crippen molar-refractivity contribution in [3.63, 3.8) is 0 Å². The van der Waals surface area contributed by atoms with E-state index in [1.165, 1.54) is 32.1 Å². The molecule has 1 aliphatic rings. The zero-order valence-corrected chi connectivity index (χ0v) is 10.2. The molecular formula is C14H16F2N2. The lowest BCUT2D eigenvalue weighted by Gasteiger charge is -2.20. The first-order valence-corrected chi connectivity index (χ1v) is 6.56. The molecule has 1 N–H and O–H groups in total. The Balaban J connectivity index is 1.86. The third-order valence-electron chi connectivity index (χ3n) is 3.80. The number of halogens is 2. The molecule has 4 heteroatoms. The first-order valence-electron chi connectivity index (χ1n) is 6.56. The largest absolute Gasteiger partial charge is 0.342 e. The van der Waals surface area contributed by atoms with Gasteiger partial charge in [0.05, 0.1) is 5.52 Å². The Hall–Kier alpha value is -1.45. The Bertz CT molecular complexity index is 556. The second-order valence-corrected chi connectivity index (χ2v) is 5.15. The first kappa shape index (κ1) is 11.6. The summed E-state index contributed by atoms with van der Waals surface area (Å²) in [4.78, 5) is 7.29. The maximum Gasteiger partial charge on any atom is 0.186 e. The number of benzene rings is 1. The van der Waals surface area contributed by atoms with E-state index in [1.807, 2.05) is 0 Å². The van der Waals surface area contributed by atoms with Crippen molar-refractivity contribution in [1.29, 1.82) is 0 Å². The van der Waals surface area contributed by atoms with Crippen molar-refractivity contribution in [2.24, 2.45) is 5.92 Å². The zero-order valence-electron chi connectivity index (χ0n) is 10.2. The van der Waals surface area contributed by atoms with Gasteiger partial charge in [-0.05, 0) is 18.1 Å². The monoisotopic (exact) mass is 250 g/mol. The van der Waals surface area contributed by atoms with Gasteiger partial charge in [0.15, 0.2) is 11.6 Å². The minimum absolute atomic E-state index is 0.126. The summed E-state index contributed by atoms with van der Waals surface area (Å²) in [6.45, 7) is 0. The van der Waals surface area contributed by atoms with Crippen LogP contribution in [0.2, 0.25) is 0 Å². The van der Waals surface area contributed by atoms with Crippen molar-refractivity contribution < 1.29 is 8.78 Å². The van der Waals surface area contributed by atoms with Crippen LogP contribution in [0.3, 0.4) is 0 Å². The average molecular weight is 250 g/mol. The van der Waals surface area contributed by atoms with Crippen LogP contribution in [-0.2, 0) is 6.42 Å². The maximum atomic E-state index is 13.5. The Morgan fingerprint density at radius 2 is 1.94 bits per heavy atom. The van der Waals surface area contributed by atoms with Gasteiger partial charge in [0, 0.05) is 6.42 Å². The summed E-state index contributed by atoms with van der Waals surface area (Å²) in [5.74, 6) is -0.273. The summed E-state index contributed by atoms with van der Waals surface area (Å²) in [5, 5.41) is 0. The van der Waals surface area contributed by atoms with E-state index in [2.05, 4.69) is 9.97 Å². The molecular weight excluding hydrogens is 234 g/mol. The highest BCUT2D eigenvalue weighted by molar-refractivity contribution is 5.75. The Kier molecular flexibility index (Phi) is 3.02. The van der Waals surface area contributed by atoms with Crippen LogP contribution in [-0.4, -0.2) is 9.97 Å². The third-order valence-corrected chi connectivity index (χ3v) is 3.80.